The fourth-order valence-electron chi connectivity index (χ4n) is 1.92. The van der Waals surface area contributed by atoms with Gasteiger partial charge in [-0.1, -0.05) is 6.07 Å². The van der Waals surface area contributed by atoms with Gasteiger partial charge in [0.15, 0.2) is 0 Å². The minimum atomic E-state index is -0.445. The van der Waals surface area contributed by atoms with Crippen molar-refractivity contribution in [2.45, 2.75) is 19.9 Å². The Kier molecular flexibility index (Phi) is 3.69. The number of benzene rings is 2. The molecule has 0 bridgehead atoms. The maximum Gasteiger partial charge on any atom is 0.128 e. The molecule has 0 saturated heterocycles. The minimum Gasteiger partial charge on any atom is -0.508 e. The lowest BCUT2D eigenvalue weighted by atomic mass is 10.0. The second-order valence-electron chi connectivity index (χ2n) is 4.54. The van der Waals surface area contributed by atoms with Crippen LogP contribution >= 0.6 is 0 Å². The molecule has 0 aromatic heterocycles. The molecule has 2 rings (SSSR count). The van der Waals surface area contributed by atoms with Crippen molar-refractivity contribution in [3.05, 3.63) is 59.2 Å². The van der Waals surface area contributed by atoms with Crippen molar-refractivity contribution >= 4 is 5.69 Å². The summed E-state index contributed by atoms with van der Waals surface area (Å²) in [5, 5.41) is 12.4. The van der Waals surface area contributed by atoms with Crippen molar-refractivity contribution in [2.24, 2.45) is 0 Å². The third-order valence-corrected chi connectivity index (χ3v) is 2.97. The zero-order valence-corrected chi connectivity index (χ0v) is 10.7. The highest BCUT2D eigenvalue weighted by atomic mass is 19.1. The van der Waals surface area contributed by atoms with Crippen LogP contribution in [0.15, 0.2) is 36.4 Å². The fourth-order valence-corrected chi connectivity index (χ4v) is 1.92. The van der Waals surface area contributed by atoms with E-state index in [2.05, 4.69) is 5.32 Å². The van der Waals surface area contributed by atoms with Gasteiger partial charge in [0, 0.05) is 17.3 Å². The lowest BCUT2D eigenvalue weighted by Gasteiger charge is -2.17. The second-order valence-corrected chi connectivity index (χ2v) is 4.54. The van der Waals surface area contributed by atoms with E-state index in [0.717, 1.165) is 0 Å². The summed E-state index contributed by atoms with van der Waals surface area (Å²) in [6, 6.07) is 8.48. The predicted molar refractivity (Wildman–Crippen MR) is 71.2 cm³/mol. The Hall–Kier alpha value is -2.10. The van der Waals surface area contributed by atoms with Crippen molar-refractivity contribution < 1.29 is 13.9 Å². The Labute approximate surface area is 110 Å². The van der Waals surface area contributed by atoms with Crippen LogP contribution in [0.2, 0.25) is 0 Å². The first-order chi connectivity index (χ1) is 8.97. The molecule has 1 unspecified atom stereocenters. The van der Waals surface area contributed by atoms with Crippen LogP contribution in [0.5, 0.6) is 5.75 Å². The Morgan fingerprint density at radius 1 is 1.11 bits per heavy atom. The third-order valence-electron chi connectivity index (χ3n) is 2.97. The Bertz CT molecular complexity index is 599. The summed E-state index contributed by atoms with van der Waals surface area (Å²) in [7, 11) is 0. The van der Waals surface area contributed by atoms with Gasteiger partial charge in [-0.15, -0.1) is 0 Å². The molecule has 4 heteroatoms. The van der Waals surface area contributed by atoms with Gasteiger partial charge in [-0.3, -0.25) is 0 Å². The number of phenols is 1. The van der Waals surface area contributed by atoms with Crippen molar-refractivity contribution in [3.8, 4) is 5.75 Å². The molecule has 2 aromatic rings. The lowest BCUT2D eigenvalue weighted by molar-refractivity contribution is 0.475. The van der Waals surface area contributed by atoms with E-state index in [1.165, 1.54) is 25.1 Å². The van der Waals surface area contributed by atoms with Gasteiger partial charge in [-0.05, 0) is 43.7 Å². The Morgan fingerprint density at radius 3 is 2.53 bits per heavy atom. The summed E-state index contributed by atoms with van der Waals surface area (Å²) in [5.74, 6) is -0.757. The van der Waals surface area contributed by atoms with Crippen LogP contribution in [0.25, 0.3) is 0 Å². The van der Waals surface area contributed by atoms with Gasteiger partial charge in [0.05, 0.1) is 6.04 Å². The molecule has 19 heavy (non-hydrogen) atoms. The van der Waals surface area contributed by atoms with Crippen molar-refractivity contribution in [1.29, 1.82) is 0 Å². The van der Waals surface area contributed by atoms with Crippen molar-refractivity contribution in [1.82, 2.24) is 0 Å². The lowest BCUT2D eigenvalue weighted by Crippen LogP contribution is -2.09. The van der Waals surface area contributed by atoms with Crippen LogP contribution in [-0.4, -0.2) is 5.11 Å². The highest BCUT2D eigenvalue weighted by Gasteiger charge is 2.13. The van der Waals surface area contributed by atoms with E-state index in [9.17, 15) is 13.9 Å². The molecular formula is C15H15F2NO. The van der Waals surface area contributed by atoms with Crippen molar-refractivity contribution in [2.75, 3.05) is 5.32 Å². The number of hydrogen-bond donors (Lipinski definition) is 2. The number of phenolic OH excluding ortho intramolecular Hbond substituents is 1. The van der Waals surface area contributed by atoms with Gasteiger partial charge in [-0.25, -0.2) is 8.78 Å². The summed E-state index contributed by atoms with van der Waals surface area (Å²) in [6.07, 6.45) is 0. The van der Waals surface area contributed by atoms with Gasteiger partial charge in [0.25, 0.3) is 0 Å². The molecule has 2 N–H and O–H groups in total. The molecule has 0 heterocycles. The summed E-state index contributed by atoms with van der Waals surface area (Å²) in [5.41, 5.74) is 1.19. The number of aromatic hydroxyl groups is 1. The number of nitrogens with one attached hydrogen (secondary N) is 1. The molecule has 0 aliphatic rings. The highest BCUT2D eigenvalue weighted by Crippen LogP contribution is 2.25. The van der Waals surface area contributed by atoms with Crippen molar-refractivity contribution in [3.63, 3.8) is 0 Å². The molecule has 0 spiro atoms. The molecule has 100 valence electrons. The van der Waals surface area contributed by atoms with E-state index in [1.807, 2.05) is 0 Å². The standard InChI is InChI=1S/C15H15F2NO/c1-9-6-15(17)13(8-14(9)16)10(2)18-11-4-3-5-12(19)7-11/h3-8,10,18-19H,1-2H3. The van der Waals surface area contributed by atoms with E-state index in [1.54, 1.807) is 25.1 Å². The Balaban J connectivity index is 2.25. The molecule has 1 atom stereocenters. The first-order valence-corrected chi connectivity index (χ1v) is 5.98. The van der Waals surface area contributed by atoms with Gasteiger partial charge in [0.1, 0.15) is 17.4 Å². The minimum absolute atomic E-state index is 0.118. The molecular weight excluding hydrogens is 248 g/mol. The first kappa shape index (κ1) is 13.3. The average Bonchev–Trinajstić information content (AvgIpc) is 2.33. The molecule has 0 aliphatic carbocycles. The molecule has 0 fully saturated rings. The van der Waals surface area contributed by atoms with E-state index in [-0.39, 0.29) is 16.9 Å². The van der Waals surface area contributed by atoms with E-state index >= 15 is 0 Å². The number of aryl methyl sites for hydroxylation is 1. The zero-order valence-electron chi connectivity index (χ0n) is 10.7. The largest absolute Gasteiger partial charge is 0.508 e. The number of rotatable bonds is 3. The monoisotopic (exact) mass is 263 g/mol. The average molecular weight is 263 g/mol. The van der Waals surface area contributed by atoms with E-state index in [4.69, 9.17) is 0 Å². The quantitative estimate of drug-likeness (QED) is 0.871. The number of halogens is 2. The third kappa shape index (κ3) is 3.02. The smallest absolute Gasteiger partial charge is 0.128 e. The normalized spacial score (nSPS) is 12.2. The summed E-state index contributed by atoms with van der Waals surface area (Å²) < 4.78 is 27.3. The molecule has 0 radical (unpaired) electrons. The molecule has 2 nitrogen and oxygen atoms in total. The second kappa shape index (κ2) is 5.26. The van der Waals surface area contributed by atoms with Gasteiger partial charge < -0.3 is 10.4 Å². The molecule has 0 aliphatic heterocycles. The number of hydrogen-bond acceptors (Lipinski definition) is 2. The summed E-state index contributed by atoms with van der Waals surface area (Å²) in [6.45, 7) is 3.26. The van der Waals surface area contributed by atoms with E-state index in [0.29, 0.717) is 5.69 Å². The number of anilines is 1. The molecule has 2 aromatic carbocycles. The van der Waals surface area contributed by atoms with Crippen LogP contribution in [0, 0.1) is 18.6 Å². The van der Waals surface area contributed by atoms with Crippen LogP contribution in [0.3, 0.4) is 0 Å². The van der Waals surface area contributed by atoms with Crippen LogP contribution in [0.1, 0.15) is 24.1 Å². The van der Waals surface area contributed by atoms with Gasteiger partial charge >= 0.3 is 0 Å². The van der Waals surface area contributed by atoms with Crippen LogP contribution < -0.4 is 5.32 Å². The first-order valence-electron chi connectivity index (χ1n) is 5.98. The molecule has 0 amide bonds. The molecule has 0 saturated carbocycles. The van der Waals surface area contributed by atoms with E-state index < -0.39 is 17.7 Å². The SMILES string of the molecule is Cc1cc(F)c(C(C)Nc2cccc(O)c2)cc1F. The highest BCUT2D eigenvalue weighted by molar-refractivity contribution is 5.49. The van der Waals surface area contributed by atoms with Gasteiger partial charge in [-0.2, -0.15) is 0 Å². The summed E-state index contributed by atoms with van der Waals surface area (Å²) in [4.78, 5) is 0. The zero-order chi connectivity index (χ0) is 14.0. The van der Waals surface area contributed by atoms with Crippen LogP contribution in [0.4, 0.5) is 14.5 Å². The topological polar surface area (TPSA) is 32.3 Å². The maximum atomic E-state index is 13.8. The van der Waals surface area contributed by atoms with Gasteiger partial charge in [0.2, 0.25) is 0 Å². The van der Waals surface area contributed by atoms with Crippen LogP contribution in [-0.2, 0) is 0 Å². The fraction of sp³-hybridized carbons (Fsp3) is 0.200. The summed E-state index contributed by atoms with van der Waals surface area (Å²) >= 11 is 0. The maximum absolute atomic E-state index is 13.8. The Morgan fingerprint density at radius 2 is 1.84 bits per heavy atom. The predicted octanol–water partition coefficient (Wildman–Crippen LogP) is 4.15.